The van der Waals surface area contributed by atoms with Gasteiger partial charge >= 0.3 is 0 Å². The van der Waals surface area contributed by atoms with Crippen LogP contribution in [0.5, 0.6) is 0 Å². The second-order valence-electron chi connectivity index (χ2n) is 4.45. The molecule has 2 atom stereocenters. The van der Waals surface area contributed by atoms with Crippen LogP contribution in [0.15, 0.2) is 0 Å². The van der Waals surface area contributed by atoms with Crippen LogP contribution in [0.2, 0.25) is 0 Å². The third kappa shape index (κ3) is 5.07. The first-order valence-electron chi connectivity index (χ1n) is 5.28. The Morgan fingerprint density at radius 3 is 2.08 bits per heavy atom. The second-order valence-corrected chi connectivity index (χ2v) is 4.45. The molecule has 0 fully saturated rings. The van der Waals surface area contributed by atoms with Gasteiger partial charge in [-0.1, -0.05) is 40.5 Å². The lowest BCUT2D eigenvalue weighted by Crippen LogP contribution is -2.19. The van der Waals surface area contributed by atoms with E-state index in [0.29, 0.717) is 17.6 Å². The summed E-state index contributed by atoms with van der Waals surface area (Å²) in [5.41, 5.74) is 0. The predicted molar refractivity (Wildman–Crippen MR) is 57.4 cm³/mol. The first-order chi connectivity index (χ1) is 5.99. The highest BCUT2D eigenvalue weighted by Crippen LogP contribution is 2.23. The van der Waals surface area contributed by atoms with Crippen LogP contribution in [0, 0.1) is 24.7 Å². The third-order valence-corrected chi connectivity index (χ3v) is 2.72. The molecule has 0 rings (SSSR count). The van der Waals surface area contributed by atoms with E-state index in [2.05, 4.69) is 27.7 Å². The van der Waals surface area contributed by atoms with Crippen molar-refractivity contribution >= 4 is 5.78 Å². The molecule has 0 spiro atoms. The molecule has 0 saturated carbocycles. The van der Waals surface area contributed by atoms with E-state index in [-0.39, 0.29) is 5.92 Å². The lowest BCUT2D eigenvalue weighted by molar-refractivity contribution is -0.122. The Morgan fingerprint density at radius 2 is 1.77 bits per heavy atom. The predicted octanol–water partition coefficient (Wildman–Crippen LogP) is 3.49. The topological polar surface area (TPSA) is 17.1 Å². The molecule has 77 valence electrons. The molecule has 0 amide bonds. The van der Waals surface area contributed by atoms with Gasteiger partial charge in [0.1, 0.15) is 5.78 Å². The molecule has 0 aliphatic carbocycles. The molecular formula is C12H23O. The van der Waals surface area contributed by atoms with Crippen molar-refractivity contribution in [3.05, 3.63) is 6.92 Å². The van der Waals surface area contributed by atoms with Crippen LogP contribution in [0.4, 0.5) is 0 Å². The Labute approximate surface area is 82.9 Å². The second kappa shape index (κ2) is 6.17. The number of hydrogen-bond acceptors (Lipinski definition) is 1. The average molecular weight is 183 g/mol. The number of hydrogen-bond donors (Lipinski definition) is 0. The molecule has 0 saturated heterocycles. The number of Topliss-reactive ketones (excluding diaryl/α,β-unsaturated/α-hetero) is 1. The van der Waals surface area contributed by atoms with E-state index in [9.17, 15) is 4.79 Å². The van der Waals surface area contributed by atoms with Gasteiger partial charge in [-0.25, -0.2) is 0 Å². The molecule has 0 bridgehead atoms. The number of carbonyl (C=O) groups is 1. The lowest BCUT2D eigenvalue weighted by atomic mass is 9.83. The van der Waals surface area contributed by atoms with Crippen LogP contribution in [-0.4, -0.2) is 5.78 Å². The highest BCUT2D eigenvalue weighted by atomic mass is 16.1. The summed E-state index contributed by atoms with van der Waals surface area (Å²) in [5.74, 6) is 1.70. The molecule has 0 aromatic rings. The van der Waals surface area contributed by atoms with Gasteiger partial charge in [0.2, 0.25) is 0 Å². The van der Waals surface area contributed by atoms with Gasteiger partial charge in [-0.15, -0.1) is 0 Å². The van der Waals surface area contributed by atoms with E-state index in [1.54, 1.807) is 6.92 Å². The zero-order valence-corrected chi connectivity index (χ0v) is 9.47. The van der Waals surface area contributed by atoms with Crippen molar-refractivity contribution in [1.29, 1.82) is 0 Å². The Morgan fingerprint density at radius 1 is 1.23 bits per heavy atom. The SMILES string of the molecule is [CH2]CC(C)C(CCC(C)C)C(C)=O. The molecule has 1 nitrogen and oxygen atoms in total. The largest absolute Gasteiger partial charge is 0.300 e. The van der Waals surface area contributed by atoms with E-state index in [4.69, 9.17) is 0 Å². The van der Waals surface area contributed by atoms with Crippen molar-refractivity contribution < 1.29 is 4.79 Å². The van der Waals surface area contributed by atoms with Crippen molar-refractivity contribution in [1.82, 2.24) is 0 Å². The van der Waals surface area contributed by atoms with Crippen LogP contribution in [0.3, 0.4) is 0 Å². The van der Waals surface area contributed by atoms with E-state index in [1.807, 2.05) is 0 Å². The molecule has 13 heavy (non-hydrogen) atoms. The summed E-state index contributed by atoms with van der Waals surface area (Å²) in [6.45, 7) is 12.1. The van der Waals surface area contributed by atoms with Gasteiger partial charge in [0, 0.05) is 5.92 Å². The summed E-state index contributed by atoms with van der Waals surface area (Å²) >= 11 is 0. The first kappa shape index (κ1) is 12.7. The molecule has 0 aromatic carbocycles. The Balaban J connectivity index is 4.02. The van der Waals surface area contributed by atoms with Gasteiger partial charge in [-0.05, 0) is 25.2 Å². The number of rotatable bonds is 6. The van der Waals surface area contributed by atoms with E-state index >= 15 is 0 Å². The monoisotopic (exact) mass is 183 g/mol. The molecule has 0 N–H and O–H groups in total. The van der Waals surface area contributed by atoms with E-state index in [1.165, 1.54) is 0 Å². The molecular weight excluding hydrogens is 160 g/mol. The normalized spacial score (nSPS) is 15.8. The summed E-state index contributed by atoms with van der Waals surface area (Å²) < 4.78 is 0. The zero-order valence-electron chi connectivity index (χ0n) is 9.47. The fourth-order valence-corrected chi connectivity index (χ4v) is 1.60. The molecule has 0 aliphatic rings. The molecule has 1 heteroatoms. The van der Waals surface area contributed by atoms with Crippen molar-refractivity contribution in [2.24, 2.45) is 17.8 Å². The Hall–Kier alpha value is -0.330. The maximum absolute atomic E-state index is 11.3. The van der Waals surface area contributed by atoms with Gasteiger partial charge in [0.25, 0.3) is 0 Å². The van der Waals surface area contributed by atoms with Gasteiger partial charge < -0.3 is 0 Å². The summed E-state index contributed by atoms with van der Waals surface area (Å²) in [4.78, 5) is 11.3. The van der Waals surface area contributed by atoms with E-state index in [0.717, 1.165) is 19.3 Å². The Bertz CT molecular complexity index is 149. The molecule has 2 unspecified atom stereocenters. The van der Waals surface area contributed by atoms with Gasteiger partial charge in [0.05, 0.1) is 0 Å². The molecule has 0 aliphatic heterocycles. The van der Waals surface area contributed by atoms with Crippen LogP contribution in [0.25, 0.3) is 0 Å². The summed E-state index contributed by atoms with van der Waals surface area (Å²) in [6.07, 6.45) is 3.04. The minimum absolute atomic E-state index is 0.236. The van der Waals surface area contributed by atoms with Crippen LogP contribution < -0.4 is 0 Å². The van der Waals surface area contributed by atoms with Crippen molar-refractivity contribution in [2.45, 2.75) is 47.0 Å². The standard InChI is InChI=1S/C12H23O/c1-6-10(4)12(11(5)13)8-7-9(2)3/h9-10,12H,1,6-8H2,2-5H3. The summed E-state index contributed by atoms with van der Waals surface area (Å²) in [7, 11) is 0. The minimum atomic E-state index is 0.236. The third-order valence-electron chi connectivity index (χ3n) is 2.72. The van der Waals surface area contributed by atoms with Gasteiger partial charge in [0.15, 0.2) is 0 Å². The maximum Gasteiger partial charge on any atom is 0.133 e. The van der Waals surface area contributed by atoms with Gasteiger partial charge in [-0.3, -0.25) is 4.79 Å². The molecule has 1 radical (unpaired) electrons. The van der Waals surface area contributed by atoms with Crippen molar-refractivity contribution in [3.63, 3.8) is 0 Å². The van der Waals surface area contributed by atoms with Crippen LogP contribution in [0.1, 0.15) is 47.0 Å². The summed E-state index contributed by atoms with van der Waals surface area (Å²) in [5, 5.41) is 0. The quantitative estimate of drug-likeness (QED) is 0.616. The first-order valence-corrected chi connectivity index (χ1v) is 5.28. The average Bonchev–Trinajstić information content (AvgIpc) is 2.03. The zero-order chi connectivity index (χ0) is 10.4. The van der Waals surface area contributed by atoms with Crippen molar-refractivity contribution in [2.75, 3.05) is 0 Å². The fourth-order valence-electron chi connectivity index (χ4n) is 1.60. The van der Waals surface area contributed by atoms with Crippen molar-refractivity contribution in [3.8, 4) is 0 Å². The highest BCUT2D eigenvalue weighted by molar-refractivity contribution is 5.78. The fraction of sp³-hybridized carbons (Fsp3) is 0.833. The Kier molecular flexibility index (Phi) is 6.02. The maximum atomic E-state index is 11.3. The molecule has 0 heterocycles. The summed E-state index contributed by atoms with van der Waals surface area (Å²) in [6, 6.07) is 0. The van der Waals surface area contributed by atoms with Crippen LogP contribution in [-0.2, 0) is 4.79 Å². The smallest absolute Gasteiger partial charge is 0.133 e. The molecule has 0 aromatic heterocycles. The van der Waals surface area contributed by atoms with Gasteiger partial charge in [-0.2, -0.15) is 0 Å². The number of carbonyl (C=O) groups excluding carboxylic acids is 1. The highest BCUT2D eigenvalue weighted by Gasteiger charge is 2.20. The van der Waals surface area contributed by atoms with Crippen LogP contribution >= 0.6 is 0 Å². The minimum Gasteiger partial charge on any atom is -0.300 e. The lowest BCUT2D eigenvalue weighted by Gasteiger charge is -2.20. The van der Waals surface area contributed by atoms with E-state index < -0.39 is 0 Å². The number of ketones is 1.